The smallest absolute Gasteiger partial charge is 0.347 e. The van der Waals surface area contributed by atoms with Crippen LogP contribution in [0.25, 0.3) is 0 Å². The van der Waals surface area contributed by atoms with Crippen LogP contribution >= 0.6 is 11.3 Å². The monoisotopic (exact) mass is 285 g/mol. The van der Waals surface area contributed by atoms with Crippen LogP contribution in [-0.2, 0) is 6.42 Å². The number of rotatable bonds is 8. The fourth-order valence-corrected chi connectivity index (χ4v) is 2.93. The molecule has 0 aliphatic rings. The van der Waals surface area contributed by atoms with Gasteiger partial charge in [0.1, 0.15) is 4.88 Å². The van der Waals surface area contributed by atoms with Crippen LogP contribution in [0.4, 0.5) is 5.13 Å². The highest BCUT2D eigenvalue weighted by atomic mass is 32.1. The Kier molecular flexibility index (Phi) is 6.24. The van der Waals surface area contributed by atoms with Crippen LogP contribution in [0.2, 0.25) is 0 Å². The van der Waals surface area contributed by atoms with E-state index in [0.717, 1.165) is 31.2 Å². The van der Waals surface area contributed by atoms with Gasteiger partial charge in [0.25, 0.3) is 0 Å². The summed E-state index contributed by atoms with van der Waals surface area (Å²) in [4.78, 5) is 20.3. The van der Waals surface area contributed by atoms with Gasteiger partial charge in [0, 0.05) is 13.1 Å². The molecule has 0 aliphatic heterocycles. The van der Waals surface area contributed by atoms with E-state index in [2.05, 4.69) is 35.8 Å². The van der Waals surface area contributed by atoms with Gasteiger partial charge in [-0.1, -0.05) is 18.3 Å². The lowest BCUT2D eigenvalue weighted by Crippen LogP contribution is -2.26. The number of hydrogen-bond acceptors (Lipinski definition) is 5. The van der Waals surface area contributed by atoms with Gasteiger partial charge in [0.15, 0.2) is 5.13 Å². The second-order valence-corrected chi connectivity index (χ2v) is 5.64. The Balaban J connectivity index is 2.78. The van der Waals surface area contributed by atoms with Crippen molar-refractivity contribution in [2.24, 2.45) is 0 Å². The topological polar surface area (TPSA) is 56.7 Å². The average molecular weight is 285 g/mol. The maximum absolute atomic E-state index is 11.2. The van der Waals surface area contributed by atoms with Gasteiger partial charge in [-0.25, -0.2) is 9.78 Å². The third-order valence-corrected chi connectivity index (χ3v) is 4.05. The Morgan fingerprint density at radius 1 is 1.32 bits per heavy atom. The molecule has 5 nitrogen and oxygen atoms in total. The second-order valence-electron chi connectivity index (χ2n) is 4.67. The van der Waals surface area contributed by atoms with E-state index in [1.54, 1.807) is 0 Å². The molecule has 0 saturated heterocycles. The first-order valence-corrected chi connectivity index (χ1v) is 7.43. The zero-order valence-electron chi connectivity index (χ0n) is 12.1. The Hall–Kier alpha value is -1.14. The van der Waals surface area contributed by atoms with Gasteiger partial charge in [0.2, 0.25) is 0 Å². The Labute approximate surface area is 118 Å². The summed E-state index contributed by atoms with van der Waals surface area (Å²) in [6.45, 7) is 6.79. The number of aryl methyl sites for hydroxylation is 1. The molecule has 0 spiro atoms. The molecule has 1 N–H and O–H groups in total. The minimum atomic E-state index is -0.870. The van der Waals surface area contributed by atoms with Crippen molar-refractivity contribution in [1.29, 1.82) is 0 Å². The molecule has 1 rings (SSSR count). The van der Waals surface area contributed by atoms with Crippen LogP contribution < -0.4 is 4.90 Å². The van der Waals surface area contributed by atoms with Gasteiger partial charge in [-0.15, -0.1) is 0 Å². The average Bonchev–Trinajstić information content (AvgIpc) is 2.78. The molecule has 108 valence electrons. The van der Waals surface area contributed by atoms with Crippen molar-refractivity contribution < 1.29 is 9.90 Å². The second kappa shape index (κ2) is 7.45. The zero-order valence-corrected chi connectivity index (χ0v) is 13.0. The van der Waals surface area contributed by atoms with Crippen LogP contribution in [0, 0.1) is 0 Å². The van der Waals surface area contributed by atoms with Crippen molar-refractivity contribution in [2.45, 2.75) is 26.7 Å². The van der Waals surface area contributed by atoms with Crippen LogP contribution in [0.15, 0.2) is 0 Å². The third-order valence-electron chi connectivity index (χ3n) is 2.90. The largest absolute Gasteiger partial charge is 0.477 e. The number of aromatic carboxylic acids is 1. The molecule has 19 heavy (non-hydrogen) atoms. The molecule has 0 saturated carbocycles. The van der Waals surface area contributed by atoms with Gasteiger partial charge in [-0.2, -0.15) is 0 Å². The van der Waals surface area contributed by atoms with E-state index >= 15 is 0 Å². The first kappa shape index (κ1) is 15.9. The number of nitrogens with zero attached hydrogens (tertiary/aromatic N) is 3. The molecule has 0 bridgehead atoms. The Bertz CT molecular complexity index is 418. The van der Waals surface area contributed by atoms with Gasteiger partial charge >= 0.3 is 5.97 Å². The number of carboxylic acids is 1. The summed E-state index contributed by atoms with van der Waals surface area (Å²) in [5.41, 5.74) is 0.693. The highest BCUT2D eigenvalue weighted by molar-refractivity contribution is 7.17. The molecule has 6 heteroatoms. The summed E-state index contributed by atoms with van der Waals surface area (Å²) in [7, 11) is 4.11. The zero-order chi connectivity index (χ0) is 14.4. The fourth-order valence-electron chi connectivity index (χ4n) is 1.85. The number of aromatic nitrogens is 1. The lowest BCUT2D eigenvalue weighted by atomic mass is 10.3. The minimum absolute atomic E-state index is 0.378. The van der Waals surface area contributed by atoms with E-state index in [4.69, 9.17) is 5.11 Å². The summed E-state index contributed by atoms with van der Waals surface area (Å²) in [5, 5.41) is 9.99. The molecular formula is C13H23N3O2S. The summed E-state index contributed by atoms with van der Waals surface area (Å²) < 4.78 is 0. The molecule has 0 fully saturated rings. The van der Waals surface area contributed by atoms with Crippen LogP contribution in [-0.4, -0.2) is 54.7 Å². The Morgan fingerprint density at radius 3 is 2.42 bits per heavy atom. The van der Waals surface area contributed by atoms with Crippen molar-refractivity contribution in [3.05, 3.63) is 10.6 Å². The van der Waals surface area contributed by atoms with Crippen molar-refractivity contribution in [2.75, 3.05) is 38.6 Å². The predicted octanol–water partition coefficient (Wildman–Crippen LogP) is 2.18. The van der Waals surface area contributed by atoms with Gasteiger partial charge in [-0.05, 0) is 40.4 Å². The molecule has 1 aromatic heterocycles. The highest BCUT2D eigenvalue weighted by Crippen LogP contribution is 2.27. The summed E-state index contributed by atoms with van der Waals surface area (Å²) in [6, 6.07) is 0. The number of anilines is 1. The van der Waals surface area contributed by atoms with Crippen molar-refractivity contribution >= 4 is 22.4 Å². The number of carboxylic acid groups (broad SMARTS) is 1. The molecule has 1 aromatic rings. The number of hydrogen-bond donors (Lipinski definition) is 1. The normalized spacial score (nSPS) is 11.0. The van der Waals surface area contributed by atoms with Crippen molar-refractivity contribution in [3.8, 4) is 0 Å². The fraction of sp³-hybridized carbons (Fsp3) is 0.692. The predicted molar refractivity (Wildman–Crippen MR) is 79.5 cm³/mol. The Morgan fingerprint density at radius 2 is 2.00 bits per heavy atom. The van der Waals surface area contributed by atoms with Crippen LogP contribution in [0.3, 0.4) is 0 Å². The molecule has 0 amide bonds. The first-order chi connectivity index (χ1) is 8.99. The molecule has 0 unspecified atom stereocenters. The quantitative estimate of drug-likeness (QED) is 0.793. The lowest BCUT2D eigenvalue weighted by molar-refractivity contribution is 0.0701. The van der Waals surface area contributed by atoms with E-state index in [0.29, 0.717) is 17.0 Å². The molecular weight excluding hydrogens is 262 g/mol. The summed E-state index contributed by atoms with van der Waals surface area (Å²) in [6.07, 6.45) is 1.71. The maximum Gasteiger partial charge on any atom is 0.347 e. The van der Waals surface area contributed by atoms with Gasteiger partial charge in [-0.3, -0.25) is 0 Å². The van der Waals surface area contributed by atoms with Crippen LogP contribution in [0.1, 0.15) is 35.6 Å². The van der Waals surface area contributed by atoms with Crippen LogP contribution in [0.5, 0.6) is 0 Å². The number of thiazole rings is 1. The maximum atomic E-state index is 11.2. The number of carbonyl (C=O) groups is 1. The molecule has 0 aliphatic carbocycles. The van der Waals surface area contributed by atoms with Gasteiger partial charge in [0.05, 0.1) is 5.69 Å². The van der Waals surface area contributed by atoms with E-state index in [-0.39, 0.29) is 0 Å². The summed E-state index contributed by atoms with van der Waals surface area (Å²) in [5.74, 6) is -0.870. The van der Waals surface area contributed by atoms with Gasteiger partial charge < -0.3 is 14.9 Å². The lowest BCUT2D eigenvalue weighted by Gasteiger charge is -2.20. The molecule has 1 heterocycles. The first-order valence-electron chi connectivity index (χ1n) is 6.62. The van der Waals surface area contributed by atoms with E-state index in [1.165, 1.54) is 11.3 Å². The van der Waals surface area contributed by atoms with E-state index in [1.807, 2.05) is 6.92 Å². The molecule has 0 radical (unpaired) electrons. The third kappa shape index (κ3) is 4.47. The van der Waals surface area contributed by atoms with Crippen molar-refractivity contribution in [3.63, 3.8) is 0 Å². The standard InChI is InChI=1S/C13H23N3O2S/c1-5-10-11(12(17)18)19-13(14-10)16(6-2)9-7-8-15(3)4/h5-9H2,1-4H3,(H,17,18). The van der Waals surface area contributed by atoms with E-state index < -0.39 is 5.97 Å². The minimum Gasteiger partial charge on any atom is -0.477 e. The van der Waals surface area contributed by atoms with E-state index in [9.17, 15) is 4.79 Å². The highest BCUT2D eigenvalue weighted by Gasteiger charge is 2.18. The SMILES string of the molecule is CCc1nc(N(CC)CCCN(C)C)sc1C(=O)O. The molecule has 0 aromatic carbocycles. The summed E-state index contributed by atoms with van der Waals surface area (Å²) >= 11 is 1.29. The van der Waals surface area contributed by atoms with Crippen molar-refractivity contribution in [1.82, 2.24) is 9.88 Å². The molecule has 0 atom stereocenters.